The molecule has 2 fully saturated rings. The van der Waals surface area contributed by atoms with Gasteiger partial charge < -0.3 is 9.47 Å². The first-order valence-electron chi connectivity index (χ1n) is 8.93. The fraction of sp³-hybridized carbons (Fsp3) is 0.526. The molecule has 1 atom stereocenters. The summed E-state index contributed by atoms with van der Waals surface area (Å²) in [5.41, 5.74) is 2.21. The lowest BCUT2D eigenvalue weighted by Gasteiger charge is -2.35. The Morgan fingerprint density at radius 3 is 2.92 bits per heavy atom. The van der Waals surface area contributed by atoms with Crippen molar-refractivity contribution in [3.05, 3.63) is 47.8 Å². The largest absolute Gasteiger partial charge is 0.340 e. The third-order valence-electron chi connectivity index (χ3n) is 5.15. The van der Waals surface area contributed by atoms with Gasteiger partial charge >= 0.3 is 0 Å². The Balaban J connectivity index is 1.48. The number of imidazole rings is 1. The van der Waals surface area contributed by atoms with Gasteiger partial charge in [0.1, 0.15) is 5.82 Å². The van der Waals surface area contributed by atoms with Crippen molar-refractivity contribution < 1.29 is 4.79 Å². The summed E-state index contributed by atoms with van der Waals surface area (Å²) in [5, 5.41) is 0. The van der Waals surface area contributed by atoms with Gasteiger partial charge in [0, 0.05) is 43.3 Å². The zero-order valence-corrected chi connectivity index (χ0v) is 14.2. The first kappa shape index (κ1) is 15.4. The van der Waals surface area contributed by atoms with E-state index in [0.717, 1.165) is 31.5 Å². The standard InChI is InChI=1S/C19H24N4O/c1-14-11-21-19(16-6-7-16)23(14)17-5-3-9-22(13-17)18(24)10-15-4-2-8-20-12-15/h2,4,8,11-12,16-17H,3,5-7,9-10,13H2,1H3. The van der Waals surface area contributed by atoms with E-state index in [1.165, 1.54) is 24.4 Å². The van der Waals surface area contributed by atoms with Crippen LogP contribution in [0.1, 0.15) is 54.7 Å². The number of aromatic nitrogens is 3. The Morgan fingerprint density at radius 2 is 2.17 bits per heavy atom. The molecule has 24 heavy (non-hydrogen) atoms. The highest BCUT2D eigenvalue weighted by Gasteiger charge is 2.33. The quantitative estimate of drug-likeness (QED) is 0.869. The molecule has 3 heterocycles. The van der Waals surface area contributed by atoms with Crippen LogP contribution in [0, 0.1) is 6.92 Å². The summed E-state index contributed by atoms with van der Waals surface area (Å²) >= 11 is 0. The molecule has 1 amide bonds. The average Bonchev–Trinajstić information content (AvgIpc) is 3.38. The molecule has 5 heteroatoms. The normalized spacial score (nSPS) is 21.0. The Labute approximate surface area is 142 Å². The Hall–Kier alpha value is -2.17. The summed E-state index contributed by atoms with van der Waals surface area (Å²) in [6.07, 6.45) is 10.7. The number of aryl methyl sites for hydroxylation is 1. The number of carbonyl (C=O) groups is 1. The summed E-state index contributed by atoms with van der Waals surface area (Å²) in [5.74, 6) is 2.08. The summed E-state index contributed by atoms with van der Waals surface area (Å²) in [6.45, 7) is 3.80. The number of pyridine rings is 1. The molecule has 0 spiro atoms. The number of likely N-dealkylation sites (tertiary alicyclic amines) is 1. The molecule has 1 aliphatic carbocycles. The van der Waals surface area contributed by atoms with Crippen LogP contribution in [0.25, 0.3) is 0 Å². The highest BCUT2D eigenvalue weighted by Crippen LogP contribution is 2.41. The van der Waals surface area contributed by atoms with Gasteiger partial charge in [-0.1, -0.05) is 6.07 Å². The van der Waals surface area contributed by atoms with Crippen molar-refractivity contribution in [2.24, 2.45) is 0 Å². The minimum absolute atomic E-state index is 0.207. The van der Waals surface area contributed by atoms with E-state index in [9.17, 15) is 4.79 Å². The molecule has 5 nitrogen and oxygen atoms in total. The first-order chi connectivity index (χ1) is 11.7. The number of carbonyl (C=O) groups excluding carboxylic acids is 1. The summed E-state index contributed by atoms with van der Waals surface area (Å²) < 4.78 is 2.40. The fourth-order valence-corrected chi connectivity index (χ4v) is 3.76. The maximum atomic E-state index is 12.7. The average molecular weight is 324 g/mol. The predicted octanol–water partition coefficient (Wildman–Crippen LogP) is 2.87. The van der Waals surface area contributed by atoms with Gasteiger partial charge in [0.15, 0.2) is 0 Å². The van der Waals surface area contributed by atoms with E-state index in [4.69, 9.17) is 0 Å². The zero-order chi connectivity index (χ0) is 16.5. The summed E-state index contributed by atoms with van der Waals surface area (Å²) in [4.78, 5) is 23.4. The molecule has 2 aromatic heterocycles. The van der Waals surface area contributed by atoms with E-state index in [-0.39, 0.29) is 5.91 Å². The minimum Gasteiger partial charge on any atom is -0.340 e. The van der Waals surface area contributed by atoms with Crippen molar-refractivity contribution in [3.63, 3.8) is 0 Å². The van der Waals surface area contributed by atoms with E-state index in [1.54, 1.807) is 12.4 Å². The molecule has 0 aromatic carbocycles. The highest BCUT2D eigenvalue weighted by atomic mass is 16.2. The lowest BCUT2D eigenvalue weighted by atomic mass is 10.0. The molecule has 0 N–H and O–H groups in total. The fourth-order valence-electron chi connectivity index (χ4n) is 3.76. The number of piperidine rings is 1. The van der Waals surface area contributed by atoms with Crippen LogP contribution in [0.15, 0.2) is 30.7 Å². The minimum atomic E-state index is 0.207. The van der Waals surface area contributed by atoms with Gasteiger partial charge in [0.2, 0.25) is 5.91 Å². The van der Waals surface area contributed by atoms with Crippen LogP contribution >= 0.6 is 0 Å². The van der Waals surface area contributed by atoms with Gasteiger partial charge in [-0.15, -0.1) is 0 Å². The molecule has 0 bridgehead atoms. The van der Waals surface area contributed by atoms with Crippen molar-refractivity contribution in [1.82, 2.24) is 19.4 Å². The number of nitrogens with zero attached hydrogens (tertiary/aromatic N) is 4. The second-order valence-electron chi connectivity index (χ2n) is 7.08. The molecule has 1 aliphatic heterocycles. The van der Waals surface area contributed by atoms with Crippen LogP contribution < -0.4 is 0 Å². The molecule has 126 valence electrons. The maximum Gasteiger partial charge on any atom is 0.227 e. The van der Waals surface area contributed by atoms with E-state index >= 15 is 0 Å². The lowest BCUT2D eigenvalue weighted by molar-refractivity contribution is -0.132. The van der Waals surface area contributed by atoms with Crippen LogP contribution in [-0.4, -0.2) is 38.4 Å². The zero-order valence-electron chi connectivity index (χ0n) is 14.2. The third-order valence-corrected chi connectivity index (χ3v) is 5.15. The van der Waals surface area contributed by atoms with Crippen molar-refractivity contribution >= 4 is 5.91 Å². The Bertz CT molecular complexity index is 720. The predicted molar refractivity (Wildman–Crippen MR) is 91.7 cm³/mol. The number of amides is 1. The van der Waals surface area contributed by atoms with E-state index in [1.807, 2.05) is 23.2 Å². The second kappa shape index (κ2) is 6.38. The summed E-state index contributed by atoms with van der Waals surface area (Å²) in [6, 6.07) is 4.23. The number of hydrogen-bond acceptors (Lipinski definition) is 3. The van der Waals surface area contributed by atoms with Gasteiger partial charge in [-0.2, -0.15) is 0 Å². The highest BCUT2D eigenvalue weighted by molar-refractivity contribution is 5.78. The lowest BCUT2D eigenvalue weighted by Crippen LogP contribution is -2.42. The Morgan fingerprint density at radius 1 is 1.29 bits per heavy atom. The van der Waals surface area contributed by atoms with Gasteiger partial charge in [0.25, 0.3) is 0 Å². The van der Waals surface area contributed by atoms with Crippen LogP contribution in [0.5, 0.6) is 0 Å². The molecule has 1 unspecified atom stereocenters. The van der Waals surface area contributed by atoms with Crippen LogP contribution in [0.4, 0.5) is 0 Å². The summed E-state index contributed by atoms with van der Waals surface area (Å²) in [7, 11) is 0. The van der Waals surface area contributed by atoms with Gasteiger partial charge in [-0.25, -0.2) is 4.98 Å². The van der Waals surface area contributed by atoms with Crippen LogP contribution in [-0.2, 0) is 11.2 Å². The molecule has 1 saturated carbocycles. The molecule has 0 radical (unpaired) electrons. The van der Waals surface area contributed by atoms with Crippen LogP contribution in [0.2, 0.25) is 0 Å². The van der Waals surface area contributed by atoms with E-state index in [0.29, 0.717) is 18.4 Å². The second-order valence-corrected chi connectivity index (χ2v) is 7.08. The first-order valence-corrected chi connectivity index (χ1v) is 8.93. The SMILES string of the molecule is Cc1cnc(C2CC2)n1C1CCCN(C(=O)Cc2cccnc2)C1. The smallest absolute Gasteiger partial charge is 0.227 e. The molecular formula is C19H24N4O. The third kappa shape index (κ3) is 3.07. The Kier molecular flexibility index (Phi) is 4.08. The van der Waals surface area contributed by atoms with Gasteiger partial charge in [0.05, 0.1) is 12.5 Å². The van der Waals surface area contributed by atoms with Gasteiger partial charge in [-0.3, -0.25) is 9.78 Å². The number of hydrogen-bond donors (Lipinski definition) is 0. The molecule has 1 saturated heterocycles. The topological polar surface area (TPSA) is 51.0 Å². The van der Waals surface area contributed by atoms with Crippen molar-refractivity contribution in [2.75, 3.05) is 13.1 Å². The molecule has 2 aromatic rings. The number of rotatable bonds is 4. The van der Waals surface area contributed by atoms with Crippen molar-refractivity contribution in [1.29, 1.82) is 0 Å². The van der Waals surface area contributed by atoms with Crippen molar-refractivity contribution in [3.8, 4) is 0 Å². The van der Waals surface area contributed by atoms with E-state index in [2.05, 4.69) is 21.5 Å². The van der Waals surface area contributed by atoms with Crippen molar-refractivity contribution in [2.45, 2.75) is 51.0 Å². The van der Waals surface area contributed by atoms with Gasteiger partial charge in [-0.05, 0) is 44.2 Å². The monoisotopic (exact) mass is 324 g/mol. The van der Waals surface area contributed by atoms with Crippen LogP contribution in [0.3, 0.4) is 0 Å². The molecule has 2 aliphatic rings. The molecular weight excluding hydrogens is 300 g/mol. The maximum absolute atomic E-state index is 12.7. The molecule has 4 rings (SSSR count). The van der Waals surface area contributed by atoms with E-state index < -0.39 is 0 Å².